The van der Waals surface area contributed by atoms with E-state index in [1.807, 2.05) is 26.8 Å². The lowest BCUT2D eigenvalue weighted by atomic mass is 10.2. The quantitative estimate of drug-likeness (QED) is 0.794. The van der Waals surface area contributed by atoms with Crippen LogP contribution < -0.4 is 5.32 Å². The molecule has 0 saturated heterocycles. The molecule has 1 aromatic heterocycles. The van der Waals surface area contributed by atoms with E-state index in [0.29, 0.717) is 18.9 Å². The van der Waals surface area contributed by atoms with E-state index in [-0.39, 0.29) is 23.8 Å². The van der Waals surface area contributed by atoms with E-state index in [1.165, 1.54) is 22.6 Å². The van der Waals surface area contributed by atoms with Gasteiger partial charge < -0.3 is 5.32 Å². The molecule has 0 spiro atoms. The molecule has 0 atom stereocenters. The van der Waals surface area contributed by atoms with E-state index >= 15 is 0 Å². The largest absolute Gasteiger partial charge is 0.370 e. The first-order valence-electron chi connectivity index (χ1n) is 6.98. The molecule has 0 aliphatic carbocycles. The van der Waals surface area contributed by atoms with Crippen molar-refractivity contribution in [3.63, 3.8) is 0 Å². The van der Waals surface area contributed by atoms with E-state index in [9.17, 15) is 8.42 Å². The van der Waals surface area contributed by atoms with Gasteiger partial charge in [-0.15, -0.1) is 0 Å². The summed E-state index contributed by atoms with van der Waals surface area (Å²) in [7, 11) is -3.61. The summed E-state index contributed by atoms with van der Waals surface area (Å²) in [5.74, 6) is 0.719. The minimum atomic E-state index is -3.61. The summed E-state index contributed by atoms with van der Waals surface area (Å²) in [5.41, 5.74) is 0. The van der Waals surface area contributed by atoms with Crippen LogP contribution >= 0.6 is 0 Å². The summed E-state index contributed by atoms with van der Waals surface area (Å²) in [5, 5.41) is 11.7. The second-order valence-corrected chi connectivity index (χ2v) is 7.01. The van der Waals surface area contributed by atoms with Crippen LogP contribution in [0.1, 0.15) is 27.2 Å². The number of sulfonamides is 1. The highest BCUT2D eigenvalue weighted by molar-refractivity contribution is 7.89. The van der Waals surface area contributed by atoms with Crippen LogP contribution in [0.15, 0.2) is 23.2 Å². The minimum absolute atomic E-state index is 0.178. The molecule has 7 heteroatoms. The van der Waals surface area contributed by atoms with Crippen LogP contribution in [0.5, 0.6) is 0 Å². The molecule has 0 aliphatic rings. The number of anilines is 1. The first-order valence-corrected chi connectivity index (χ1v) is 8.42. The van der Waals surface area contributed by atoms with Crippen LogP contribution in [0.3, 0.4) is 0 Å². The Morgan fingerprint density at radius 1 is 1.48 bits per heavy atom. The first-order chi connectivity index (χ1) is 9.91. The van der Waals surface area contributed by atoms with Crippen molar-refractivity contribution in [3.05, 3.63) is 18.3 Å². The Labute approximate surface area is 126 Å². The van der Waals surface area contributed by atoms with Gasteiger partial charge in [0.2, 0.25) is 10.0 Å². The molecule has 0 fully saturated rings. The fourth-order valence-corrected chi connectivity index (χ4v) is 3.51. The summed E-state index contributed by atoms with van der Waals surface area (Å²) in [6, 6.07) is 5.00. The maximum absolute atomic E-state index is 12.7. The average Bonchev–Trinajstić information content (AvgIpc) is 2.43. The molecule has 0 radical (unpaired) electrons. The van der Waals surface area contributed by atoms with Crippen molar-refractivity contribution < 1.29 is 8.42 Å². The standard InChI is InChI=1S/C14H22N4O2S/c1-4-16-14-10-13(6-8-17-14)21(19,20)18(9-5-7-15)11-12(2)3/h6,8,10,12H,4-5,9,11H2,1-3H3,(H,16,17). The zero-order valence-electron chi connectivity index (χ0n) is 12.7. The number of nitrogens with one attached hydrogen (secondary N) is 1. The van der Waals surface area contributed by atoms with E-state index in [1.54, 1.807) is 0 Å². The third-order valence-electron chi connectivity index (χ3n) is 2.77. The van der Waals surface area contributed by atoms with Crippen molar-refractivity contribution >= 4 is 15.8 Å². The molecule has 0 unspecified atom stereocenters. The van der Waals surface area contributed by atoms with Crippen molar-refractivity contribution in [1.29, 1.82) is 5.26 Å². The third-order valence-corrected chi connectivity index (χ3v) is 4.63. The van der Waals surface area contributed by atoms with Gasteiger partial charge in [-0.05, 0) is 18.9 Å². The molecule has 0 aliphatic heterocycles. The van der Waals surface area contributed by atoms with Crippen molar-refractivity contribution in [1.82, 2.24) is 9.29 Å². The second kappa shape index (κ2) is 7.96. The second-order valence-electron chi connectivity index (χ2n) is 5.07. The first kappa shape index (κ1) is 17.4. The van der Waals surface area contributed by atoms with Gasteiger partial charge in [-0.25, -0.2) is 13.4 Å². The number of hydrogen-bond donors (Lipinski definition) is 1. The molecular formula is C14H22N4O2S. The SMILES string of the molecule is CCNc1cc(S(=O)(=O)N(CCC#N)CC(C)C)ccn1. The van der Waals surface area contributed by atoms with Crippen LogP contribution in [0.25, 0.3) is 0 Å². The molecule has 6 nitrogen and oxygen atoms in total. The van der Waals surface area contributed by atoms with Gasteiger partial charge in [-0.3, -0.25) is 0 Å². The summed E-state index contributed by atoms with van der Waals surface area (Å²) in [4.78, 5) is 4.28. The lowest BCUT2D eigenvalue weighted by molar-refractivity contribution is 0.373. The number of pyridine rings is 1. The Kier molecular flexibility index (Phi) is 6.59. The molecule has 1 rings (SSSR count). The van der Waals surface area contributed by atoms with Gasteiger partial charge in [0.15, 0.2) is 0 Å². The van der Waals surface area contributed by atoms with E-state index < -0.39 is 10.0 Å². The zero-order chi connectivity index (χ0) is 15.9. The molecule has 1 heterocycles. The van der Waals surface area contributed by atoms with Crippen LogP contribution in [-0.2, 0) is 10.0 Å². The van der Waals surface area contributed by atoms with Gasteiger partial charge in [0.25, 0.3) is 0 Å². The van der Waals surface area contributed by atoms with Crippen LogP contribution in [0.2, 0.25) is 0 Å². The predicted molar refractivity (Wildman–Crippen MR) is 82.2 cm³/mol. The molecular weight excluding hydrogens is 288 g/mol. The fraction of sp³-hybridized carbons (Fsp3) is 0.571. The Morgan fingerprint density at radius 2 is 2.19 bits per heavy atom. The van der Waals surface area contributed by atoms with Crippen LogP contribution in [0.4, 0.5) is 5.82 Å². The summed E-state index contributed by atoms with van der Waals surface area (Å²) in [6.45, 7) is 7.08. The number of nitriles is 1. The normalized spacial score (nSPS) is 11.6. The molecule has 0 saturated carbocycles. The van der Waals surface area contributed by atoms with Gasteiger partial charge in [-0.1, -0.05) is 13.8 Å². The molecule has 0 amide bonds. The summed E-state index contributed by atoms with van der Waals surface area (Å²) >= 11 is 0. The zero-order valence-corrected chi connectivity index (χ0v) is 13.5. The molecule has 0 bridgehead atoms. The summed E-state index contributed by atoms with van der Waals surface area (Å²) in [6.07, 6.45) is 1.65. The maximum Gasteiger partial charge on any atom is 0.243 e. The third kappa shape index (κ3) is 4.99. The van der Waals surface area contributed by atoms with Crippen molar-refractivity contribution in [2.45, 2.75) is 32.1 Å². The van der Waals surface area contributed by atoms with Crippen molar-refractivity contribution in [2.75, 3.05) is 25.0 Å². The Bertz CT molecular complexity index is 593. The Hall–Kier alpha value is -1.65. The number of hydrogen-bond acceptors (Lipinski definition) is 5. The monoisotopic (exact) mass is 310 g/mol. The highest BCUT2D eigenvalue weighted by atomic mass is 32.2. The van der Waals surface area contributed by atoms with E-state index in [4.69, 9.17) is 5.26 Å². The Morgan fingerprint density at radius 3 is 2.76 bits per heavy atom. The average molecular weight is 310 g/mol. The highest BCUT2D eigenvalue weighted by Gasteiger charge is 2.25. The lowest BCUT2D eigenvalue weighted by Gasteiger charge is -2.23. The minimum Gasteiger partial charge on any atom is -0.370 e. The molecule has 1 N–H and O–H groups in total. The topological polar surface area (TPSA) is 86.1 Å². The highest BCUT2D eigenvalue weighted by Crippen LogP contribution is 2.19. The van der Waals surface area contributed by atoms with Crippen molar-refractivity contribution in [2.24, 2.45) is 5.92 Å². The molecule has 1 aromatic rings. The Balaban J connectivity index is 3.09. The molecule has 0 aromatic carbocycles. The maximum atomic E-state index is 12.7. The van der Waals surface area contributed by atoms with Gasteiger partial charge in [-0.2, -0.15) is 9.57 Å². The smallest absolute Gasteiger partial charge is 0.243 e. The van der Waals surface area contributed by atoms with E-state index in [0.717, 1.165) is 0 Å². The molecule has 116 valence electrons. The number of aromatic nitrogens is 1. The lowest BCUT2D eigenvalue weighted by Crippen LogP contribution is -2.35. The van der Waals surface area contributed by atoms with Crippen LogP contribution in [0, 0.1) is 17.2 Å². The molecule has 21 heavy (non-hydrogen) atoms. The van der Waals surface area contributed by atoms with Gasteiger partial charge in [0.1, 0.15) is 5.82 Å². The predicted octanol–water partition coefficient (Wildman–Crippen LogP) is 2.07. The van der Waals surface area contributed by atoms with Gasteiger partial charge in [0.05, 0.1) is 11.0 Å². The van der Waals surface area contributed by atoms with E-state index in [2.05, 4.69) is 10.3 Å². The van der Waals surface area contributed by atoms with Gasteiger partial charge in [0, 0.05) is 38.3 Å². The fourth-order valence-electron chi connectivity index (χ4n) is 1.89. The van der Waals surface area contributed by atoms with Crippen molar-refractivity contribution in [3.8, 4) is 6.07 Å². The number of nitrogens with zero attached hydrogens (tertiary/aromatic N) is 3. The van der Waals surface area contributed by atoms with Gasteiger partial charge >= 0.3 is 0 Å². The summed E-state index contributed by atoms with van der Waals surface area (Å²) < 4.78 is 26.7. The number of rotatable bonds is 8. The van der Waals surface area contributed by atoms with Crippen LogP contribution in [-0.4, -0.2) is 37.3 Å².